The number of piperazine rings is 1. The lowest BCUT2D eigenvalue weighted by atomic mass is 10.1. The van der Waals surface area contributed by atoms with Crippen LogP contribution in [0.1, 0.15) is 25.1 Å². The van der Waals surface area contributed by atoms with Gasteiger partial charge in [0, 0.05) is 48.3 Å². The van der Waals surface area contributed by atoms with E-state index in [1.54, 1.807) is 0 Å². The van der Waals surface area contributed by atoms with Crippen molar-refractivity contribution in [3.8, 4) is 0 Å². The number of anilines is 1. The number of hydrogen-bond donors (Lipinski definition) is 0. The molecule has 1 aliphatic heterocycles. The van der Waals surface area contributed by atoms with Crippen LogP contribution in [0.5, 0.6) is 0 Å². The van der Waals surface area contributed by atoms with Gasteiger partial charge in [-0.1, -0.05) is 0 Å². The Kier molecular flexibility index (Phi) is 4.13. The minimum absolute atomic E-state index is 0.526. The number of aromatic nitrogens is 1. The molecular formula is C14H22ClN3. The smallest absolute Gasteiger partial charge is 0.0509 e. The van der Waals surface area contributed by atoms with Gasteiger partial charge in [0.15, 0.2) is 0 Å². The van der Waals surface area contributed by atoms with Crippen molar-refractivity contribution >= 4 is 17.3 Å². The summed E-state index contributed by atoms with van der Waals surface area (Å²) in [6.45, 7) is 8.68. The van der Waals surface area contributed by atoms with Crippen LogP contribution < -0.4 is 4.90 Å². The van der Waals surface area contributed by atoms with Crippen LogP contribution in [0.15, 0.2) is 12.3 Å². The van der Waals surface area contributed by atoms with Gasteiger partial charge in [-0.05, 0) is 33.9 Å². The third kappa shape index (κ3) is 2.62. The molecule has 0 aromatic carbocycles. The van der Waals surface area contributed by atoms with Crippen molar-refractivity contribution in [3.05, 3.63) is 23.5 Å². The summed E-state index contributed by atoms with van der Waals surface area (Å²) < 4.78 is 0. The molecule has 1 fully saturated rings. The summed E-state index contributed by atoms with van der Waals surface area (Å²) in [6.07, 6.45) is 1.91. The van der Waals surface area contributed by atoms with Crippen molar-refractivity contribution < 1.29 is 0 Å². The van der Waals surface area contributed by atoms with E-state index in [9.17, 15) is 0 Å². The zero-order valence-corrected chi connectivity index (χ0v) is 12.4. The van der Waals surface area contributed by atoms with E-state index < -0.39 is 0 Å². The number of rotatable bonds is 2. The molecule has 2 unspecified atom stereocenters. The molecule has 0 bridgehead atoms. The summed E-state index contributed by atoms with van der Waals surface area (Å²) in [7, 11) is 2.20. The number of likely N-dealkylation sites (N-methyl/N-ethyl adjacent to an activating group) is 1. The number of aryl methyl sites for hydroxylation is 1. The maximum atomic E-state index is 6.03. The SMILES string of the molecule is Cc1cc(N2CC(C)N(C)C(C)C2)c(CCl)cn1. The fourth-order valence-electron chi connectivity index (χ4n) is 2.57. The molecule has 1 aromatic rings. The van der Waals surface area contributed by atoms with Crippen LogP contribution in [0.2, 0.25) is 0 Å². The van der Waals surface area contributed by atoms with Crippen molar-refractivity contribution in [2.45, 2.75) is 38.7 Å². The Hall–Kier alpha value is -0.800. The highest BCUT2D eigenvalue weighted by molar-refractivity contribution is 6.17. The van der Waals surface area contributed by atoms with Gasteiger partial charge in [0.2, 0.25) is 0 Å². The van der Waals surface area contributed by atoms with E-state index in [0.29, 0.717) is 18.0 Å². The Labute approximate surface area is 115 Å². The molecule has 0 amide bonds. The molecule has 0 radical (unpaired) electrons. The summed E-state index contributed by atoms with van der Waals surface area (Å²) in [5.41, 5.74) is 3.44. The van der Waals surface area contributed by atoms with E-state index in [-0.39, 0.29) is 0 Å². The molecule has 1 saturated heterocycles. The topological polar surface area (TPSA) is 19.4 Å². The predicted octanol–water partition coefficient (Wildman–Crippen LogP) is 2.66. The first kappa shape index (κ1) is 13.6. The molecule has 0 spiro atoms. The normalized spacial score (nSPS) is 25.5. The molecule has 0 saturated carbocycles. The minimum Gasteiger partial charge on any atom is -0.368 e. The molecule has 0 N–H and O–H groups in total. The van der Waals surface area contributed by atoms with Crippen molar-refractivity contribution in [2.75, 3.05) is 25.0 Å². The summed E-state index contributed by atoms with van der Waals surface area (Å²) in [4.78, 5) is 9.22. The van der Waals surface area contributed by atoms with Crippen LogP contribution in [-0.2, 0) is 5.88 Å². The molecule has 3 nitrogen and oxygen atoms in total. The van der Waals surface area contributed by atoms with Crippen LogP contribution in [0.3, 0.4) is 0 Å². The van der Waals surface area contributed by atoms with Crippen molar-refractivity contribution in [1.29, 1.82) is 0 Å². The molecule has 2 heterocycles. The molecule has 18 heavy (non-hydrogen) atoms. The largest absolute Gasteiger partial charge is 0.368 e. The van der Waals surface area contributed by atoms with Crippen molar-refractivity contribution in [1.82, 2.24) is 9.88 Å². The fourth-order valence-corrected chi connectivity index (χ4v) is 2.78. The molecule has 1 aromatic heterocycles. The number of halogens is 1. The van der Waals surface area contributed by atoms with E-state index >= 15 is 0 Å². The van der Waals surface area contributed by atoms with Crippen LogP contribution >= 0.6 is 11.6 Å². The lowest BCUT2D eigenvalue weighted by Crippen LogP contribution is -2.55. The second kappa shape index (κ2) is 5.45. The van der Waals surface area contributed by atoms with Crippen molar-refractivity contribution in [2.24, 2.45) is 0 Å². The quantitative estimate of drug-likeness (QED) is 0.768. The van der Waals surface area contributed by atoms with Crippen LogP contribution in [-0.4, -0.2) is 42.1 Å². The van der Waals surface area contributed by atoms with E-state index in [0.717, 1.165) is 24.3 Å². The molecular weight excluding hydrogens is 246 g/mol. The first-order chi connectivity index (χ1) is 8.52. The molecule has 0 aliphatic carbocycles. The van der Waals surface area contributed by atoms with E-state index in [4.69, 9.17) is 11.6 Å². The third-order valence-corrected chi connectivity index (χ3v) is 4.23. The Balaban J connectivity index is 2.28. The Morgan fingerprint density at radius 1 is 1.33 bits per heavy atom. The second-order valence-electron chi connectivity index (χ2n) is 5.36. The first-order valence-electron chi connectivity index (χ1n) is 6.51. The molecule has 2 atom stereocenters. The summed E-state index contributed by atoms with van der Waals surface area (Å²) >= 11 is 6.03. The fraction of sp³-hybridized carbons (Fsp3) is 0.643. The molecule has 100 valence electrons. The maximum Gasteiger partial charge on any atom is 0.0509 e. The Morgan fingerprint density at radius 2 is 1.94 bits per heavy atom. The van der Waals surface area contributed by atoms with Gasteiger partial charge in [0.1, 0.15) is 0 Å². The van der Waals surface area contributed by atoms with Crippen molar-refractivity contribution in [3.63, 3.8) is 0 Å². The second-order valence-corrected chi connectivity index (χ2v) is 5.62. The summed E-state index contributed by atoms with van der Waals surface area (Å²) in [5.74, 6) is 0.526. The highest BCUT2D eigenvalue weighted by Gasteiger charge is 2.27. The zero-order chi connectivity index (χ0) is 13.3. The van der Waals surface area contributed by atoms with Gasteiger partial charge >= 0.3 is 0 Å². The summed E-state index contributed by atoms with van der Waals surface area (Å²) in [6, 6.07) is 3.28. The van der Waals surface area contributed by atoms with Gasteiger partial charge in [-0.2, -0.15) is 0 Å². The molecule has 2 rings (SSSR count). The minimum atomic E-state index is 0.526. The lowest BCUT2D eigenvalue weighted by Gasteiger charge is -2.44. The van der Waals surface area contributed by atoms with Gasteiger partial charge in [0.05, 0.1) is 5.88 Å². The average molecular weight is 268 g/mol. The van der Waals surface area contributed by atoms with E-state index in [1.165, 1.54) is 5.69 Å². The standard InChI is InChI=1S/C14H22ClN3/c1-10-5-14(13(6-15)7-16-10)18-8-11(2)17(4)12(3)9-18/h5,7,11-12H,6,8-9H2,1-4H3. The van der Waals surface area contributed by atoms with Gasteiger partial charge in [0.25, 0.3) is 0 Å². The first-order valence-corrected chi connectivity index (χ1v) is 7.04. The number of alkyl halides is 1. The van der Waals surface area contributed by atoms with Gasteiger partial charge in [-0.3, -0.25) is 9.88 Å². The Bertz CT molecular complexity index is 410. The van der Waals surface area contributed by atoms with Crippen LogP contribution in [0.25, 0.3) is 0 Å². The molecule has 1 aliphatic rings. The van der Waals surface area contributed by atoms with E-state index in [2.05, 4.69) is 41.7 Å². The van der Waals surface area contributed by atoms with E-state index in [1.807, 2.05) is 13.1 Å². The predicted molar refractivity (Wildman–Crippen MR) is 77.4 cm³/mol. The molecule has 4 heteroatoms. The Morgan fingerprint density at radius 3 is 2.50 bits per heavy atom. The number of hydrogen-bond acceptors (Lipinski definition) is 3. The average Bonchev–Trinajstić information content (AvgIpc) is 2.35. The summed E-state index contributed by atoms with van der Waals surface area (Å²) in [5, 5.41) is 0. The zero-order valence-electron chi connectivity index (χ0n) is 11.7. The van der Waals surface area contributed by atoms with Gasteiger partial charge in [-0.15, -0.1) is 11.6 Å². The highest BCUT2D eigenvalue weighted by Crippen LogP contribution is 2.26. The van der Waals surface area contributed by atoms with Crippen LogP contribution in [0.4, 0.5) is 5.69 Å². The monoisotopic (exact) mass is 267 g/mol. The van der Waals surface area contributed by atoms with Gasteiger partial charge in [-0.25, -0.2) is 0 Å². The lowest BCUT2D eigenvalue weighted by molar-refractivity contribution is 0.170. The number of pyridine rings is 1. The van der Waals surface area contributed by atoms with Gasteiger partial charge < -0.3 is 4.90 Å². The van der Waals surface area contributed by atoms with Crippen LogP contribution in [0, 0.1) is 6.92 Å². The number of nitrogens with zero attached hydrogens (tertiary/aromatic N) is 3. The third-order valence-electron chi connectivity index (χ3n) is 3.94. The highest BCUT2D eigenvalue weighted by atomic mass is 35.5. The maximum absolute atomic E-state index is 6.03.